The summed E-state index contributed by atoms with van der Waals surface area (Å²) in [6.45, 7) is 1.76. The first kappa shape index (κ1) is 18.9. The normalized spacial score (nSPS) is 16.5. The van der Waals surface area contributed by atoms with Gasteiger partial charge in [0.25, 0.3) is 0 Å². The molecule has 1 aromatic carbocycles. The topological polar surface area (TPSA) is 103 Å². The van der Waals surface area contributed by atoms with E-state index in [1.165, 1.54) is 17.9 Å². The number of aromatic nitrogens is 3. The highest BCUT2D eigenvalue weighted by molar-refractivity contribution is 6.31. The van der Waals surface area contributed by atoms with Crippen molar-refractivity contribution >= 4 is 34.9 Å². The molecule has 0 unspecified atom stereocenters. The van der Waals surface area contributed by atoms with Crippen LogP contribution in [0.25, 0.3) is 5.82 Å². The minimum Gasteiger partial charge on any atom is -0.495 e. The van der Waals surface area contributed by atoms with Crippen molar-refractivity contribution in [1.82, 2.24) is 14.8 Å². The molecular formula is C20H18ClN5O3. The van der Waals surface area contributed by atoms with E-state index in [9.17, 15) is 9.59 Å². The fraction of sp³-hybridized carbons (Fsp3) is 0.200. The van der Waals surface area contributed by atoms with Crippen LogP contribution in [-0.4, -0.2) is 33.7 Å². The van der Waals surface area contributed by atoms with Gasteiger partial charge < -0.3 is 10.5 Å². The zero-order valence-electron chi connectivity index (χ0n) is 15.8. The lowest BCUT2D eigenvalue weighted by atomic mass is 9.97. The molecule has 148 valence electrons. The van der Waals surface area contributed by atoms with E-state index in [2.05, 4.69) is 10.1 Å². The van der Waals surface area contributed by atoms with Gasteiger partial charge in [-0.3, -0.25) is 9.59 Å². The number of carbonyl (C=O) groups excluding carboxylic acids is 2. The molecule has 1 aliphatic heterocycles. The molecule has 1 atom stereocenters. The summed E-state index contributed by atoms with van der Waals surface area (Å²) in [6.07, 6.45) is 1.61. The van der Waals surface area contributed by atoms with Crippen molar-refractivity contribution in [2.75, 3.05) is 17.7 Å². The Kier molecular flexibility index (Phi) is 4.71. The number of anilines is 2. The Morgan fingerprint density at radius 3 is 2.72 bits per heavy atom. The van der Waals surface area contributed by atoms with Gasteiger partial charge in [-0.15, -0.1) is 0 Å². The van der Waals surface area contributed by atoms with E-state index in [1.54, 1.807) is 37.4 Å². The average Bonchev–Trinajstić information content (AvgIpc) is 3.16. The Labute approximate surface area is 171 Å². The number of nitrogen functional groups attached to an aromatic ring is 1. The second-order valence-corrected chi connectivity index (χ2v) is 7.06. The molecule has 29 heavy (non-hydrogen) atoms. The van der Waals surface area contributed by atoms with Crippen LogP contribution in [0, 0.1) is 6.92 Å². The summed E-state index contributed by atoms with van der Waals surface area (Å²) in [4.78, 5) is 31.4. The summed E-state index contributed by atoms with van der Waals surface area (Å²) in [5, 5.41) is 4.82. The highest BCUT2D eigenvalue weighted by atomic mass is 35.5. The van der Waals surface area contributed by atoms with Crippen LogP contribution in [0.2, 0.25) is 5.02 Å². The Hall–Kier alpha value is -3.39. The number of benzene rings is 1. The van der Waals surface area contributed by atoms with Crippen molar-refractivity contribution in [2.24, 2.45) is 0 Å². The highest BCUT2D eigenvalue weighted by Crippen LogP contribution is 2.41. The highest BCUT2D eigenvalue weighted by Gasteiger charge is 2.44. The SMILES string of the molecule is COc1ccc(Cl)cc1N1C(=O)C[C@H](c2c(C)nn(-c3ccccn3)c2N)C1=O. The average molecular weight is 412 g/mol. The molecular weight excluding hydrogens is 394 g/mol. The molecule has 3 heterocycles. The summed E-state index contributed by atoms with van der Waals surface area (Å²) < 4.78 is 6.78. The van der Waals surface area contributed by atoms with Crippen LogP contribution in [-0.2, 0) is 9.59 Å². The summed E-state index contributed by atoms with van der Waals surface area (Å²) in [5.41, 5.74) is 7.73. The molecule has 4 rings (SSSR count). The first-order valence-electron chi connectivity index (χ1n) is 8.89. The van der Waals surface area contributed by atoms with Gasteiger partial charge in [0.1, 0.15) is 11.6 Å². The van der Waals surface area contributed by atoms with E-state index < -0.39 is 11.8 Å². The maximum absolute atomic E-state index is 13.2. The largest absolute Gasteiger partial charge is 0.495 e. The van der Waals surface area contributed by atoms with Gasteiger partial charge in [0, 0.05) is 23.2 Å². The van der Waals surface area contributed by atoms with E-state index in [0.717, 1.165) is 4.90 Å². The third-order valence-corrected chi connectivity index (χ3v) is 5.12. The fourth-order valence-electron chi connectivity index (χ4n) is 3.59. The summed E-state index contributed by atoms with van der Waals surface area (Å²) in [7, 11) is 1.47. The molecule has 0 radical (unpaired) electrons. The van der Waals surface area contributed by atoms with Crippen LogP contribution in [0.5, 0.6) is 5.75 Å². The second kappa shape index (κ2) is 7.21. The number of ether oxygens (including phenoxy) is 1. The number of pyridine rings is 1. The van der Waals surface area contributed by atoms with Gasteiger partial charge >= 0.3 is 0 Å². The molecule has 2 N–H and O–H groups in total. The number of hydrogen-bond donors (Lipinski definition) is 1. The van der Waals surface area contributed by atoms with Gasteiger partial charge in [0.05, 0.1) is 24.4 Å². The number of hydrogen-bond acceptors (Lipinski definition) is 6. The predicted molar refractivity (Wildman–Crippen MR) is 108 cm³/mol. The number of amides is 2. The third-order valence-electron chi connectivity index (χ3n) is 4.89. The third kappa shape index (κ3) is 3.11. The maximum atomic E-state index is 13.2. The van der Waals surface area contributed by atoms with Crippen LogP contribution >= 0.6 is 11.6 Å². The van der Waals surface area contributed by atoms with Gasteiger partial charge in [-0.05, 0) is 37.3 Å². The van der Waals surface area contributed by atoms with Crippen molar-refractivity contribution in [2.45, 2.75) is 19.3 Å². The first-order chi connectivity index (χ1) is 13.9. The van der Waals surface area contributed by atoms with Gasteiger partial charge in [-0.1, -0.05) is 17.7 Å². The molecule has 9 heteroatoms. The van der Waals surface area contributed by atoms with Crippen LogP contribution in [0.1, 0.15) is 23.6 Å². The van der Waals surface area contributed by atoms with E-state index in [-0.39, 0.29) is 18.1 Å². The zero-order valence-corrected chi connectivity index (χ0v) is 16.6. The van der Waals surface area contributed by atoms with Crippen LogP contribution in [0.15, 0.2) is 42.6 Å². The first-order valence-corrected chi connectivity index (χ1v) is 9.27. The van der Waals surface area contributed by atoms with Gasteiger partial charge in [0.2, 0.25) is 11.8 Å². The molecule has 1 saturated heterocycles. The number of rotatable bonds is 4. The zero-order chi connectivity index (χ0) is 20.7. The summed E-state index contributed by atoms with van der Waals surface area (Å²) in [6, 6.07) is 10.1. The fourth-order valence-corrected chi connectivity index (χ4v) is 3.76. The van der Waals surface area contributed by atoms with E-state index in [0.29, 0.717) is 33.5 Å². The van der Waals surface area contributed by atoms with E-state index >= 15 is 0 Å². The maximum Gasteiger partial charge on any atom is 0.242 e. The Morgan fingerprint density at radius 2 is 2.03 bits per heavy atom. The van der Waals surface area contributed by atoms with Crippen LogP contribution in [0.4, 0.5) is 11.5 Å². The molecule has 1 aliphatic rings. The lowest BCUT2D eigenvalue weighted by Crippen LogP contribution is -2.30. The monoisotopic (exact) mass is 411 g/mol. The number of carbonyl (C=O) groups is 2. The number of imide groups is 1. The van der Waals surface area contributed by atoms with Crippen molar-refractivity contribution in [3.63, 3.8) is 0 Å². The summed E-state index contributed by atoms with van der Waals surface area (Å²) in [5.74, 6) is -0.304. The smallest absolute Gasteiger partial charge is 0.242 e. The molecule has 2 aromatic heterocycles. The van der Waals surface area contributed by atoms with Crippen molar-refractivity contribution in [3.8, 4) is 11.6 Å². The van der Waals surface area contributed by atoms with E-state index in [4.69, 9.17) is 22.1 Å². The Bertz CT molecular complexity index is 1110. The van der Waals surface area contributed by atoms with E-state index in [1.807, 2.05) is 6.07 Å². The lowest BCUT2D eigenvalue weighted by Gasteiger charge is -2.18. The molecule has 1 fully saturated rings. The van der Waals surface area contributed by atoms with Crippen LogP contribution < -0.4 is 15.4 Å². The number of aryl methyl sites for hydroxylation is 1. The number of nitrogens with two attached hydrogens (primary N) is 1. The van der Waals surface area contributed by atoms with Crippen molar-refractivity contribution < 1.29 is 14.3 Å². The predicted octanol–water partition coefficient (Wildman–Crippen LogP) is 2.87. The van der Waals surface area contributed by atoms with Crippen molar-refractivity contribution in [1.29, 1.82) is 0 Å². The van der Waals surface area contributed by atoms with Gasteiger partial charge in [0.15, 0.2) is 5.82 Å². The number of methoxy groups -OCH3 is 1. The van der Waals surface area contributed by atoms with Gasteiger partial charge in [-0.2, -0.15) is 9.78 Å². The minimum atomic E-state index is -0.747. The molecule has 8 nitrogen and oxygen atoms in total. The summed E-state index contributed by atoms with van der Waals surface area (Å²) >= 11 is 6.08. The lowest BCUT2D eigenvalue weighted by molar-refractivity contribution is -0.121. The minimum absolute atomic E-state index is 0.0204. The Balaban J connectivity index is 1.76. The molecule has 0 spiro atoms. The molecule has 0 saturated carbocycles. The Morgan fingerprint density at radius 1 is 1.24 bits per heavy atom. The number of nitrogens with zero attached hydrogens (tertiary/aromatic N) is 4. The molecule has 0 aliphatic carbocycles. The van der Waals surface area contributed by atoms with Gasteiger partial charge in [-0.25, -0.2) is 9.88 Å². The second-order valence-electron chi connectivity index (χ2n) is 6.62. The molecule has 0 bridgehead atoms. The molecule has 3 aromatic rings. The quantitative estimate of drug-likeness (QED) is 0.662. The number of halogens is 1. The van der Waals surface area contributed by atoms with Crippen LogP contribution in [0.3, 0.4) is 0 Å². The molecule has 2 amide bonds. The standard InChI is InChI=1S/C20H18ClN5O3/c1-11-18(19(22)26(24-11)16-5-3-4-8-23-16)13-10-17(27)25(20(13)28)14-9-12(21)6-7-15(14)29-2/h3-9,13H,10,22H2,1-2H3/t13-/m1/s1. The van der Waals surface area contributed by atoms with Crippen molar-refractivity contribution in [3.05, 3.63) is 58.9 Å².